The molecule has 0 spiro atoms. The summed E-state index contributed by atoms with van der Waals surface area (Å²) < 4.78 is 1.88. The van der Waals surface area contributed by atoms with Crippen LogP contribution >= 0.6 is 0 Å². The average molecular weight is 400 g/mol. The van der Waals surface area contributed by atoms with Gasteiger partial charge in [-0.3, -0.25) is 25.1 Å². The fraction of sp³-hybridized carbons (Fsp3) is 0.261. The lowest BCUT2D eigenvalue weighted by Gasteiger charge is -2.33. The Morgan fingerprint density at radius 1 is 1.07 bits per heavy atom. The molecule has 0 bridgehead atoms. The van der Waals surface area contributed by atoms with E-state index in [1.165, 1.54) is 0 Å². The molecule has 1 atom stereocenters. The summed E-state index contributed by atoms with van der Waals surface area (Å²) in [5.74, 6) is 3.65. The highest BCUT2D eigenvalue weighted by Gasteiger charge is 2.28. The quantitative estimate of drug-likeness (QED) is 0.492. The van der Waals surface area contributed by atoms with Crippen LogP contribution in [-0.4, -0.2) is 44.7 Å². The maximum atomic E-state index is 12.8. The van der Waals surface area contributed by atoms with Gasteiger partial charge in [0.25, 0.3) is 5.91 Å². The van der Waals surface area contributed by atoms with E-state index in [1.807, 2.05) is 70.1 Å². The zero-order valence-corrected chi connectivity index (χ0v) is 16.7. The van der Waals surface area contributed by atoms with E-state index in [0.29, 0.717) is 18.3 Å². The highest BCUT2D eigenvalue weighted by molar-refractivity contribution is 5.83. The van der Waals surface area contributed by atoms with Gasteiger partial charge in [-0.25, -0.2) is 0 Å². The second-order valence-corrected chi connectivity index (χ2v) is 7.18. The summed E-state index contributed by atoms with van der Waals surface area (Å²) in [6.45, 7) is 1.30. The van der Waals surface area contributed by atoms with Gasteiger partial charge >= 0.3 is 0 Å². The van der Waals surface area contributed by atoms with E-state index in [4.69, 9.17) is 6.42 Å². The molecule has 0 radical (unpaired) electrons. The van der Waals surface area contributed by atoms with Crippen LogP contribution in [0.1, 0.15) is 19.3 Å². The number of aromatic nitrogens is 3. The summed E-state index contributed by atoms with van der Waals surface area (Å²) in [5, 5.41) is 8.64. The number of piperidine rings is 1. The molecule has 0 aliphatic carbocycles. The van der Waals surface area contributed by atoms with Gasteiger partial charge in [0.15, 0.2) is 5.82 Å². The maximum Gasteiger partial charge on any atom is 0.255 e. The van der Waals surface area contributed by atoms with Crippen molar-refractivity contribution in [1.82, 2.24) is 25.1 Å². The van der Waals surface area contributed by atoms with E-state index in [1.54, 1.807) is 0 Å². The monoisotopic (exact) mass is 400 g/mol. The fourth-order valence-electron chi connectivity index (χ4n) is 3.76. The normalized spacial score (nSPS) is 16.6. The third-order valence-electron chi connectivity index (χ3n) is 5.22. The molecule has 4 rings (SSSR count). The molecule has 2 N–H and O–H groups in total. The van der Waals surface area contributed by atoms with Crippen molar-refractivity contribution < 1.29 is 4.79 Å². The van der Waals surface area contributed by atoms with Crippen LogP contribution in [0.4, 0.5) is 5.95 Å². The van der Waals surface area contributed by atoms with E-state index >= 15 is 0 Å². The van der Waals surface area contributed by atoms with E-state index < -0.39 is 0 Å². The van der Waals surface area contributed by atoms with Gasteiger partial charge in [0.1, 0.15) is 0 Å². The minimum absolute atomic E-state index is 0.117. The summed E-state index contributed by atoms with van der Waals surface area (Å²) in [7, 11) is 0. The number of likely N-dealkylation sites (tertiary alicyclic amines) is 1. The lowest BCUT2D eigenvalue weighted by atomic mass is 10.0. The Morgan fingerprint density at radius 2 is 1.80 bits per heavy atom. The fourth-order valence-corrected chi connectivity index (χ4v) is 3.76. The summed E-state index contributed by atoms with van der Waals surface area (Å²) in [6.07, 6.45) is 8.32. The molecule has 2 aromatic carbocycles. The number of terminal acetylenes is 1. The van der Waals surface area contributed by atoms with Crippen molar-refractivity contribution in [3.63, 3.8) is 0 Å². The smallest absolute Gasteiger partial charge is 0.255 e. The Hall–Kier alpha value is -3.63. The number of para-hydroxylation sites is 1. The first-order chi connectivity index (χ1) is 14.8. The number of carbonyl (C=O) groups is 1. The number of anilines is 1. The lowest BCUT2D eigenvalue weighted by molar-refractivity contribution is -0.126. The molecule has 30 heavy (non-hydrogen) atoms. The van der Waals surface area contributed by atoms with Gasteiger partial charge in [0.2, 0.25) is 5.95 Å². The first-order valence-electron chi connectivity index (χ1n) is 10.1. The first-order valence-corrected chi connectivity index (χ1v) is 10.1. The highest BCUT2D eigenvalue weighted by Crippen LogP contribution is 2.25. The second kappa shape index (κ2) is 9.25. The van der Waals surface area contributed by atoms with Crippen molar-refractivity contribution >= 4 is 11.9 Å². The average Bonchev–Trinajstić information content (AvgIpc) is 3.23. The number of rotatable bonds is 6. The van der Waals surface area contributed by atoms with Crippen molar-refractivity contribution in [2.45, 2.75) is 25.3 Å². The van der Waals surface area contributed by atoms with Crippen LogP contribution in [0.2, 0.25) is 0 Å². The number of carbonyl (C=O) groups excluding carboxylic acids is 1. The number of nitrogens with zero attached hydrogens (tertiary/aromatic N) is 4. The molecule has 1 amide bonds. The number of hydrogen-bond donors (Lipinski definition) is 2. The van der Waals surface area contributed by atoms with Crippen molar-refractivity contribution in [3.8, 4) is 29.4 Å². The van der Waals surface area contributed by atoms with Crippen LogP contribution in [-0.2, 0) is 4.79 Å². The molecule has 1 aliphatic rings. The Morgan fingerprint density at radius 3 is 2.53 bits per heavy atom. The number of benzene rings is 2. The number of hydrazine groups is 1. The van der Waals surface area contributed by atoms with Crippen LogP contribution < -0.4 is 10.9 Å². The largest absolute Gasteiger partial charge is 0.281 e. The molecule has 1 aromatic heterocycles. The minimum Gasteiger partial charge on any atom is -0.281 e. The predicted molar refractivity (Wildman–Crippen MR) is 117 cm³/mol. The van der Waals surface area contributed by atoms with Crippen LogP contribution in [0.3, 0.4) is 0 Å². The van der Waals surface area contributed by atoms with E-state index in [9.17, 15) is 4.79 Å². The minimum atomic E-state index is -0.246. The molecule has 7 nitrogen and oxygen atoms in total. The Balaban J connectivity index is 1.58. The van der Waals surface area contributed by atoms with E-state index in [-0.39, 0.29) is 11.9 Å². The number of amides is 1. The third-order valence-corrected chi connectivity index (χ3v) is 5.22. The molecule has 7 heteroatoms. The molecule has 152 valence electrons. The van der Waals surface area contributed by atoms with Crippen LogP contribution in [0.15, 0.2) is 60.7 Å². The molecule has 3 aromatic rings. The molecule has 0 saturated carbocycles. The van der Waals surface area contributed by atoms with E-state index in [2.05, 4.69) is 27.0 Å². The first kappa shape index (κ1) is 19.7. The van der Waals surface area contributed by atoms with Gasteiger partial charge in [-0.2, -0.15) is 0 Å². The summed E-state index contributed by atoms with van der Waals surface area (Å²) in [6, 6.07) is 19.4. The summed E-state index contributed by atoms with van der Waals surface area (Å²) >= 11 is 0. The van der Waals surface area contributed by atoms with Crippen molar-refractivity contribution in [1.29, 1.82) is 0 Å². The predicted octanol–water partition coefficient (Wildman–Crippen LogP) is 2.87. The molecule has 2 heterocycles. The summed E-state index contributed by atoms with van der Waals surface area (Å²) in [4.78, 5) is 14.9. The van der Waals surface area contributed by atoms with Crippen molar-refractivity contribution in [2.75, 3.05) is 18.5 Å². The number of nitrogens with one attached hydrogen (secondary N) is 2. The van der Waals surface area contributed by atoms with Gasteiger partial charge < -0.3 is 0 Å². The molecule has 1 saturated heterocycles. The van der Waals surface area contributed by atoms with Crippen LogP contribution in [0, 0.1) is 12.3 Å². The van der Waals surface area contributed by atoms with Gasteiger partial charge in [0, 0.05) is 5.56 Å². The molecule has 1 unspecified atom stereocenters. The molecular weight excluding hydrogens is 376 g/mol. The number of hydrogen-bond acceptors (Lipinski definition) is 5. The highest BCUT2D eigenvalue weighted by atomic mass is 16.2. The van der Waals surface area contributed by atoms with Crippen LogP contribution in [0.25, 0.3) is 17.1 Å². The topological polar surface area (TPSA) is 75.1 Å². The second-order valence-electron chi connectivity index (χ2n) is 7.18. The standard InChI is InChI=1S/C23H24N6O/c1-2-16-28-17-10-9-15-20(28)22(30)25-27-23-26-24-21(18-11-5-3-6-12-18)29(23)19-13-7-4-8-14-19/h1,3-8,11-14,20H,9-10,15-17H2,(H,25,30)(H,26,27). The van der Waals surface area contributed by atoms with E-state index in [0.717, 1.165) is 37.1 Å². The van der Waals surface area contributed by atoms with Gasteiger partial charge in [0.05, 0.1) is 18.3 Å². The van der Waals surface area contributed by atoms with Crippen LogP contribution in [0.5, 0.6) is 0 Å². The van der Waals surface area contributed by atoms with Crippen molar-refractivity contribution in [3.05, 3.63) is 60.7 Å². The SMILES string of the molecule is C#CCN1CCCCC1C(=O)NNc1nnc(-c2ccccc2)n1-c1ccccc1. The molecule has 1 aliphatic heterocycles. The Kier molecular flexibility index (Phi) is 6.06. The zero-order chi connectivity index (χ0) is 20.8. The Bertz CT molecular complexity index is 1020. The van der Waals surface area contributed by atoms with Crippen molar-refractivity contribution in [2.24, 2.45) is 0 Å². The Labute approximate surface area is 176 Å². The third kappa shape index (κ3) is 4.19. The summed E-state index contributed by atoms with van der Waals surface area (Å²) in [5.41, 5.74) is 7.61. The lowest BCUT2D eigenvalue weighted by Crippen LogP contribution is -2.51. The maximum absolute atomic E-state index is 12.8. The van der Waals surface area contributed by atoms with Gasteiger partial charge in [-0.05, 0) is 31.5 Å². The molecule has 1 fully saturated rings. The zero-order valence-electron chi connectivity index (χ0n) is 16.7. The van der Waals surface area contributed by atoms with Gasteiger partial charge in [-0.1, -0.05) is 60.9 Å². The molecular formula is C23H24N6O. The van der Waals surface area contributed by atoms with Gasteiger partial charge in [-0.15, -0.1) is 16.6 Å².